The van der Waals surface area contributed by atoms with E-state index in [1.807, 2.05) is 25.1 Å². The molecular weight excluding hydrogens is 1220 g/mol. The summed E-state index contributed by atoms with van der Waals surface area (Å²) < 4.78 is 34.9. The Labute approximate surface area is 501 Å². The highest BCUT2D eigenvalue weighted by Gasteiger charge is 2.17. The van der Waals surface area contributed by atoms with Crippen molar-refractivity contribution < 1.29 is 41.2 Å². The first-order chi connectivity index (χ1) is 37.7. The van der Waals surface area contributed by atoms with Gasteiger partial charge in [-0.25, -0.2) is 4.39 Å². The normalized spacial score (nSPS) is 10.7. The van der Waals surface area contributed by atoms with Crippen LogP contribution in [0.5, 0.6) is 0 Å². The number of rotatable bonds is 23. The van der Waals surface area contributed by atoms with Crippen LogP contribution in [0.2, 0.25) is 30.1 Å². The number of aryl methyl sites for hydroxylation is 1. The van der Waals surface area contributed by atoms with Gasteiger partial charge in [0.1, 0.15) is 29.0 Å². The molecule has 0 saturated carbocycles. The number of aromatic nitrogens is 8. The molecule has 8 rings (SSSR count). The van der Waals surface area contributed by atoms with Gasteiger partial charge in [-0.3, -0.25) is 9.59 Å². The summed E-state index contributed by atoms with van der Waals surface area (Å²) in [5, 5.41) is 36.1. The number of carbonyl (C=O) groups is 4. The first kappa shape index (κ1) is 65.0. The molecule has 0 N–H and O–H groups in total. The van der Waals surface area contributed by atoms with Gasteiger partial charge in [-0.2, -0.15) is 0 Å². The first-order valence-corrected chi connectivity index (χ1v) is 29.9. The Bertz CT molecular complexity index is 3200. The van der Waals surface area contributed by atoms with Crippen LogP contribution >= 0.6 is 117 Å². The van der Waals surface area contributed by atoms with Crippen LogP contribution in [0.25, 0.3) is 45.8 Å². The van der Waals surface area contributed by atoms with E-state index in [1.165, 1.54) is 72.2 Å². The number of hydrogen-bond acceptors (Lipinski definition) is 20. The predicted octanol–water partition coefficient (Wildman–Crippen LogP) is 16.8. The molecule has 16 nitrogen and oxygen atoms in total. The topological polar surface area (TPSA) is 224 Å². The highest BCUT2D eigenvalue weighted by molar-refractivity contribution is 7.99. The molecule has 27 heteroatoms. The van der Waals surface area contributed by atoms with Gasteiger partial charge >= 0.3 is 0 Å². The minimum atomic E-state index is -0.427. The van der Waals surface area contributed by atoms with Gasteiger partial charge in [0.25, 0.3) is 20.9 Å². The van der Waals surface area contributed by atoms with E-state index in [0.29, 0.717) is 118 Å². The Kier molecular flexibility index (Phi) is 27.8. The average Bonchev–Trinajstić information content (AvgIpc) is 4.25. The van der Waals surface area contributed by atoms with Crippen LogP contribution < -0.4 is 0 Å². The van der Waals surface area contributed by atoms with Crippen molar-refractivity contribution in [1.82, 2.24) is 40.8 Å². The molecule has 8 aromatic rings. The van der Waals surface area contributed by atoms with E-state index < -0.39 is 5.82 Å². The number of benzene rings is 4. The van der Waals surface area contributed by atoms with Crippen LogP contribution in [0.4, 0.5) is 4.39 Å². The van der Waals surface area contributed by atoms with Gasteiger partial charge in [-0.1, -0.05) is 123 Å². The van der Waals surface area contributed by atoms with E-state index in [2.05, 4.69) is 40.8 Å². The molecule has 0 aliphatic rings. The fraction of sp³-hybridized carbons (Fsp3) is 0.308. The summed E-state index contributed by atoms with van der Waals surface area (Å²) in [6.45, 7) is 8.24. The molecular formula is C52H49Cl6FN8O8S4. The molecule has 418 valence electrons. The number of hydrogen-bond donors (Lipinski definition) is 0. The summed E-state index contributed by atoms with van der Waals surface area (Å²) in [7, 11) is 0. The lowest BCUT2D eigenvalue weighted by Gasteiger charge is -1.99. The van der Waals surface area contributed by atoms with Gasteiger partial charge in [-0.15, -0.1) is 40.8 Å². The van der Waals surface area contributed by atoms with Crippen LogP contribution in [-0.2, 0) is 19.2 Å². The van der Waals surface area contributed by atoms with Crippen LogP contribution in [0.1, 0.15) is 78.2 Å². The summed E-state index contributed by atoms with van der Waals surface area (Å²) in [6, 6.07) is 19.8. The number of carbonyl (C=O) groups excluding carboxylic acids is 4. The molecule has 0 bridgehead atoms. The standard InChI is InChI=1S/C14H14Cl2N2O2S.C13H12Cl2N2O2S.C13H13ClN2O2S.C12H10ClFN2O2S/c1-9(19)4-2-3-7-21-14-18-17-13(20-14)11-6-5-10(15)8-12(11)16;1-8(18)3-2-6-20-13-17-16-12(19-13)10-5-4-9(14)7-11(10)15;1-8-3-4-10(11(14)7-8)12-15-16-13(18-12)19-6-5-9(2)17;1-7(17)4-5-19-12-16-15-11(18-12)9-3-2-8(14)6-10(9)13/h5-6,8H,2-4,7H2,1H3;4-5,7H,2-3,6H2,1H3;3-4,7H,5-6H2,1-2H3;2-3,6H,4-5H2,1H3. The summed E-state index contributed by atoms with van der Waals surface area (Å²) in [5.41, 5.74) is 3.59. The van der Waals surface area contributed by atoms with Crippen molar-refractivity contribution in [2.45, 2.75) is 100 Å². The Hall–Kier alpha value is -4.81. The third kappa shape index (κ3) is 23.3. The Balaban J connectivity index is 0.000000194. The van der Waals surface area contributed by atoms with Crippen LogP contribution in [0, 0.1) is 12.7 Å². The quantitative estimate of drug-likeness (QED) is 0.0429. The van der Waals surface area contributed by atoms with Gasteiger partial charge in [-0.05, 0) is 126 Å². The van der Waals surface area contributed by atoms with Crippen molar-refractivity contribution in [1.29, 1.82) is 0 Å². The van der Waals surface area contributed by atoms with E-state index in [0.717, 1.165) is 41.9 Å². The Morgan fingerprint density at radius 1 is 0.405 bits per heavy atom. The number of halogens is 7. The number of unbranched alkanes of at least 4 members (excludes halogenated alkanes) is 1. The lowest BCUT2D eigenvalue weighted by atomic mass is 10.1. The van der Waals surface area contributed by atoms with Gasteiger partial charge in [0.15, 0.2) is 0 Å². The second-order valence-corrected chi connectivity index (χ2v) is 23.3. The van der Waals surface area contributed by atoms with Gasteiger partial charge in [0.2, 0.25) is 23.6 Å². The highest BCUT2D eigenvalue weighted by atomic mass is 35.5. The zero-order chi connectivity index (χ0) is 57.4. The van der Waals surface area contributed by atoms with Gasteiger partial charge < -0.3 is 27.3 Å². The fourth-order valence-corrected chi connectivity index (χ4v) is 10.6. The van der Waals surface area contributed by atoms with E-state index in [4.69, 9.17) is 87.3 Å². The molecule has 0 atom stereocenters. The third-order valence-corrected chi connectivity index (χ3v) is 15.0. The van der Waals surface area contributed by atoms with Crippen molar-refractivity contribution in [3.63, 3.8) is 0 Å². The highest BCUT2D eigenvalue weighted by Crippen LogP contribution is 2.34. The smallest absolute Gasteiger partial charge is 0.276 e. The summed E-state index contributed by atoms with van der Waals surface area (Å²) in [6.07, 6.45) is 4.73. The van der Waals surface area contributed by atoms with Crippen molar-refractivity contribution >= 4 is 140 Å². The molecule has 0 amide bonds. The zero-order valence-electron chi connectivity index (χ0n) is 42.8. The first-order valence-electron chi connectivity index (χ1n) is 23.7. The number of ketones is 4. The fourth-order valence-electron chi connectivity index (χ4n) is 5.97. The average molecular weight is 1270 g/mol. The molecule has 4 heterocycles. The Morgan fingerprint density at radius 3 is 1.10 bits per heavy atom. The van der Waals surface area contributed by atoms with Crippen molar-refractivity contribution in [3.05, 3.63) is 114 Å². The molecule has 79 heavy (non-hydrogen) atoms. The van der Waals surface area contributed by atoms with Crippen molar-refractivity contribution in [2.24, 2.45) is 0 Å². The van der Waals surface area contributed by atoms with E-state index in [9.17, 15) is 23.6 Å². The van der Waals surface area contributed by atoms with Crippen molar-refractivity contribution in [2.75, 3.05) is 23.0 Å². The monoisotopic (exact) mass is 1270 g/mol. The molecule has 4 aromatic carbocycles. The lowest BCUT2D eigenvalue weighted by molar-refractivity contribution is -0.117. The molecule has 0 aliphatic carbocycles. The number of nitrogens with zero attached hydrogens (tertiary/aromatic N) is 8. The maximum atomic E-state index is 12.9. The number of Topliss-reactive ketones (excluding diaryl/α,β-unsaturated/α-hetero) is 4. The molecule has 4 aromatic heterocycles. The van der Waals surface area contributed by atoms with Gasteiger partial charge in [0.05, 0.1) is 42.3 Å². The van der Waals surface area contributed by atoms with E-state index in [1.54, 1.807) is 57.2 Å². The van der Waals surface area contributed by atoms with Crippen LogP contribution in [0.15, 0.2) is 111 Å². The molecule has 0 radical (unpaired) electrons. The maximum Gasteiger partial charge on any atom is 0.276 e. The van der Waals surface area contributed by atoms with Crippen LogP contribution in [-0.4, -0.2) is 86.9 Å². The SMILES string of the molecule is CC(=O)CCCCSc1nnc(-c2ccc(Cl)cc2Cl)o1.CC(=O)CCCSc1nnc(-c2ccc(Cl)cc2Cl)o1.CC(=O)CCSc1nnc(-c2ccc(C)cc2Cl)o1.CC(=O)CCSc1nnc(-c2ccc(F)cc2Cl)o1. The minimum Gasteiger partial charge on any atom is -0.411 e. The van der Waals surface area contributed by atoms with Crippen LogP contribution in [0.3, 0.4) is 0 Å². The Morgan fingerprint density at radius 2 is 0.734 bits per heavy atom. The maximum absolute atomic E-state index is 12.9. The predicted molar refractivity (Wildman–Crippen MR) is 312 cm³/mol. The lowest BCUT2D eigenvalue weighted by Crippen LogP contribution is -1.91. The van der Waals surface area contributed by atoms with E-state index in [-0.39, 0.29) is 34.0 Å². The molecule has 0 spiro atoms. The third-order valence-electron chi connectivity index (χ3n) is 9.87. The number of thioether (sulfide) groups is 4. The summed E-state index contributed by atoms with van der Waals surface area (Å²) in [4.78, 5) is 43.3. The summed E-state index contributed by atoms with van der Waals surface area (Å²) in [5.74, 6) is 4.41. The van der Waals surface area contributed by atoms with Crippen molar-refractivity contribution in [3.8, 4) is 45.8 Å². The molecule has 0 unspecified atom stereocenters. The second-order valence-electron chi connectivity index (χ2n) is 16.6. The van der Waals surface area contributed by atoms with E-state index >= 15 is 0 Å². The minimum absolute atomic E-state index is 0.105. The largest absolute Gasteiger partial charge is 0.411 e. The molecule has 0 aliphatic heterocycles. The molecule has 0 fully saturated rings. The van der Waals surface area contributed by atoms with Gasteiger partial charge in [0, 0.05) is 58.7 Å². The second kappa shape index (κ2) is 33.8. The molecule has 0 saturated heterocycles. The summed E-state index contributed by atoms with van der Waals surface area (Å²) >= 11 is 41.5. The zero-order valence-corrected chi connectivity index (χ0v) is 50.6.